The van der Waals surface area contributed by atoms with Crippen LogP contribution < -0.4 is 10.9 Å². The fourth-order valence-corrected chi connectivity index (χ4v) is 2.58. The summed E-state index contributed by atoms with van der Waals surface area (Å²) >= 11 is 0. The lowest BCUT2D eigenvalue weighted by molar-refractivity contribution is 0.378. The minimum atomic E-state index is 0.0157. The van der Waals surface area contributed by atoms with Crippen molar-refractivity contribution in [2.75, 3.05) is 27.2 Å². The summed E-state index contributed by atoms with van der Waals surface area (Å²) in [5, 5.41) is 3.60. The van der Waals surface area contributed by atoms with Crippen molar-refractivity contribution in [2.45, 2.75) is 31.7 Å². The molecule has 0 aromatic carbocycles. The van der Waals surface area contributed by atoms with Crippen molar-refractivity contribution < 1.29 is 0 Å². The molecular formula is C14H23N3O. The first-order valence-corrected chi connectivity index (χ1v) is 6.77. The number of rotatable bonds is 5. The monoisotopic (exact) mass is 249 g/mol. The lowest BCUT2D eigenvalue weighted by Crippen LogP contribution is -2.29. The lowest BCUT2D eigenvalue weighted by Gasteiger charge is -2.26. The van der Waals surface area contributed by atoms with Gasteiger partial charge in [-0.3, -0.25) is 4.79 Å². The van der Waals surface area contributed by atoms with Crippen molar-refractivity contribution in [3.05, 3.63) is 33.7 Å². The smallest absolute Gasteiger partial charge is 0.248 e. The molecule has 0 bridgehead atoms. The quantitative estimate of drug-likeness (QED) is 0.773. The Morgan fingerprint density at radius 3 is 3.06 bits per heavy atom. The van der Waals surface area contributed by atoms with Gasteiger partial charge >= 0.3 is 0 Å². The molecule has 0 amide bonds. The van der Waals surface area contributed by atoms with Crippen molar-refractivity contribution >= 4 is 0 Å². The molecule has 1 aliphatic carbocycles. The van der Waals surface area contributed by atoms with Gasteiger partial charge in [0.2, 0.25) is 5.56 Å². The van der Waals surface area contributed by atoms with Crippen LogP contribution in [0.5, 0.6) is 0 Å². The molecule has 1 heterocycles. The number of hydrogen-bond donors (Lipinski definition) is 2. The number of H-pyrrole nitrogens is 1. The molecule has 4 heteroatoms. The number of aromatic nitrogens is 1. The molecule has 1 unspecified atom stereocenters. The van der Waals surface area contributed by atoms with Gasteiger partial charge in [-0.1, -0.05) is 6.07 Å². The van der Waals surface area contributed by atoms with E-state index in [2.05, 4.69) is 29.3 Å². The van der Waals surface area contributed by atoms with E-state index in [-0.39, 0.29) is 5.56 Å². The zero-order chi connectivity index (χ0) is 13.0. The molecule has 2 N–H and O–H groups in total. The Kier molecular flexibility index (Phi) is 4.55. The molecule has 0 radical (unpaired) electrons. The summed E-state index contributed by atoms with van der Waals surface area (Å²) in [4.78, 5) is 16.5. The Labute approximate surface area is 108 Å². The third-order valence-electron chi connectivity index (χ3n) is 3.50. The van der Waals surface area contributed by atoms with Gasteiger partial charge in [-0.2, -0.15) is 0 Å². The standard InChI is InChI=1S/C14H23N3O/c1-17(2)10-4-9-15-12-5-3-6-13-11(12)7-8-14(18)16-13/h7-8,12,15H,3-6,9-10H2,1-2H3,(H,16,18). The molecule has 0 spiro atoms. The summed E-state index contributed by atoms with van der Waals surface area (Å²) in [6.07, 6.45) is 4.47. The van der Waals surface area contributed by atoms with E-state index in [1.807, 2.05) is 6.07 Å². The average molecular weight is 249 g/mol. The van der Waals surface area contributed by atoms with Gasteiger partial charge in [0.05, 0.1) is 0 Å². The van der Waals surface area contributed by atoms with Crippen LogP contribution in [0.1, 0.15) is 36.6 Å². The SMILES string of the molecule is CN(C)CCCNC1CCCc2[nH]c(=O)ccc21. The highest BCUT2D eigenvalue weighted by molar-refractivity contribution is 5.26. The second-order valence-electron chi connectivity index (χ2n) is 5.31. The Balaban J connectivity index is 1.93. The molecule has 0 fully saturated rings. The molecule has 1 aliphatic rings. The molecule has 4 nitrogen and oxygen atoms in total. The number of nitrogens with one attached hydrogen (secondary N) is 2. The van der Waals surface area contributed by atoms with E-state index in [0.29, 0.717) is 6.04 Å². The third-order valence-corrected chi connectivity index (χ3v) is 3.50. The fraction of sp³-hybridized carbons (Fsp3) is 0.643. The van der Waals surface area contributed by atoms with E-state index < -0.39 is 0 Å². The predicted octanol–water partition coefficient (Wildman–Crippen LogP) is 1.29. The largest absolute Gasteiger partial charge is 0.326 e. The molecule has 1 atom stereocenters. The van der Waals surface area contributed by atoms with Gasteiger partial charge in [0, 0.05) is 17.8 Å². The van der Waals surface area contributed by atoms with Crippen LogP contribution in [0.2, 0.25) is 0 Å². The van der Waals surface area contributed by atoms with Gasteiger partial charge in [-0.05, 0) is 58.4 Å². The zero-order valence-corrected chi connectivity index (χ0v) is 11.3. The lowest BCUT2D eigenvalue weighted by atomic mass is 9.91. The topological polar surface area (TPSA) is 48.1 Å². The van der Waals surface area contributed by atoms with E-state index in [4.69, 9.17) is 0 Å². The summed E-state index contributed by atoms with van der Waals surface area (Å²) < 4.78 is 0. The maximum atomic E-state index is 11.3. The first kappa shape index (κ1) is 13.3. The number of pyridine rings is 1. The van der Waals surface area contributed by atoms with Crippen molar-refractivity contribution in [3.8, 4) is 0 Å². The summed E-state index contributed by atoms with van der Waals surface area (Å²) in [5.41, 5.74) is 2.42. The summed E-state index contributed by atoms with van der Waals surface area (Å²) in [6, 6.07) is 4.03. The molecule has 18 heavy (non-hydrogen) atoms. The molecule has 1 aromatic heterocycles. The van der Waals surface area contributed by atoms with E-state index >= 15 is 0 Å². The average Bonchev–Trinajstić information content (AvgIpc) is 2.34. The van der Waals surface area contributed by atoms with Crippen molar-refractivity contribution in [2.24, 2.45) is 0 Å². The first-order chi connectivity index (χ1) is 8.66. The maximum Gasteiger partial charge on any atom is 0.248 e. The van der Waals surface area contributed by atoms with E-state index in [1.54, 1.807) is 6.07 Å². The summed E-state index contributed by atoms with van der Waals surface area (Å²) in [6.45, 7) is 2.14. The minimum Gasteiger partial charge on any atom is -0.326 e. The number of fused-ring (bicyclic) bond motifs is 1. The van der Waals surface area contributed by atoms with E-state index in [0.717, 1.165) is 38.0 Å². The van der Waals surface area contributed by atoms with Gasteiger partial charge in [-0.15, -0.1) is 0 Å². The van der Waals surface area contributed by atoms with Crippen LogP contribution in [0.4, 0.5) is 0 Å². The van der Waals surface area contributed by atoms with Crippen molar-refractivity contribution in [3.63, 3.8) is 0 Å². The number of hydrogen-bond acceptors (Lipinski definition) is 3. The van der Waals surface area contributed by atoms with E-state index in [1.165, 1.54) is 12.0 Å². The molecule has 0 saturated heterocycles. The molecular weight excluding hydrogens is 226 g/mol. The highest BCUT2D eigenvalue weighted by atomic mass is 16.1. The van der Waals surface area contributed by atoms with Gasteiger partial charge in [0.1, 0.15) is 0 Å². The van der Waals surface area contributed by atoms with E-state index in [9.17, 15) is 4.79 Å². The second-order valence-corrected chi connectivity index (χ2v) is 5.31. The first-order valence-electron chi connectivity index (χ1n) is 6.77. The second kappa shape index (κ2) is 6.16. The van der Waals surface area contributed by atoms with Crippen LogP contribution in [-0.4, -0.2) is 37.1 Å². The fourth-order valence-electron chi connectivity index (χ4n) is 2.58. The van der Waals surface area contributed by atoms with Gasteiger partial charge < -0.3 is 15.2 Å². The van der Waals surface area contributed by atoms with Crippen LogP contribution in [0.15, 0.2) is 16.9 Å². The number of aryl methyl sites for hydroxylation is 1. The van der Waals surface area contributed by atoms with Crippen LogP contribution >= 0.6 is 0 Å². The Bertz CT molecular complexity index is 439. The van der Waals surface area contributed by atoms with Crippen LogP contribution in [0.25, 0.3) is 0 Å². The highest BCUT2D eigenvalue weighted by Crippen LogP contribution is 2.27. The zero-order valence-electron chi connectivity index (χ0n) is 11.3. The Morgan fingerprint density at radius 2 is 2.28 bits per heavy atom. The van der Waals surface area contributed by atoms with Crippen LogP contribution in [0, 0.1) is 0 Å². The van der Waals surface area contributed by atoms with Gasteiger partial charge in [0.25, 0.3) is 0 Å². The third kappa shape index (κ3) is 3.43. The number of aromatic amines is 1. The highest BCUT2D eigenvalue weighted by Gasteiger charge is 2.19. The predicted molar refractivity (Wildman–Crippen MR) is 73.9 cm³/mol. The van der Waals surface area contributed by atoms with Crippen molar-refractivity contribution in [1.29, 1.82) is 0 Å². The minimum absolute atomic E-state index is 0.0157. The van der Waals surface area contributed by atoms with Gasteiger partial charge in [-0.25, -0.2) is 0 Å². The van der Waals surface area contributed by atoms with Crippen molar-refractivity contribution in [1.82, 2.24) is 15.2 Å². The summed E-state index contributed by atoms with van der Waals surface area (Å²) in [5.74, 6) is 0. The Hall–Kier alpha value is -1.13. The maximum absolute atomic E-state index is 11.3. The molecule has 0 saturated carbocycles. The Morgan fingerprint density at radius 1 is 1.44 bits per heavy atom. The van der Waals surface area contributed by atoms with Crippen LogP contribution in [0.3, 0.4) is 0 Å². The summed E-state index contributed by atoms with van der Waals surface area (Å²) in [7, 11) is 4.20. The molecule has 0 aliphatic heterocycles. The molecule has 100 valence electrons. The molecule has 2 rings (SSSR count). The van der Waals surface area contributed by atoms with Gasteiger partial charge in [0.15, 0.2) is 0 Å². The number of nitrogens with zero attached hydrogens (tertiary/aromatic N) is 1. The van der Waals surface area contributed by atoms with Crippen LogP contribution in [-0.2, 0) is 6.42 Å². The molecule has 1 aromatic rings. The normalized spacial score (nSPS) is 18.9.